The highest BCUT2D eigenvalue weighted by atomic mass is 79.9. The quantitative estimate of drug-likeness (QED) is 0.777. The number of benzene rings is 1. The third-order valence-corrected chi connectivity index (χ3v) is 4.47. The first-order valence-electron chi connectivity index (χ1n) is 6.62. The smallest absolute Gasteiger partial charge is 0.269 e. The van der Waals surface area contributed by atoms with Gasteiger partial charge in [-0.2, -0.15) is 0 Å². The van der Waals surface area contributed by atoms with Gasteiger partial charge in [-0.1, -0.05) is 18.2 Å². The average molecular weight is 396 g/mol. The van der Waals surface area contributed by atoms with Gasteiger partial charge in [0.15, 0.2) is 0 Å². The Morgan fingerprint density at radius 3 is 2.39 bits per heavy atom. The first kappa shape index (κ1) is 17.2. The van der Waals surface area contributed by atoms with Crippen molar-refractivity contribution in [2.24, 2.45) is 0 Å². The van der Waals surface area contributed by atoms with Crippen molar-refractivity contribution in [1.82, 2.24) is 15.8 Å². The van der Waals surface area contributed by atoms with E-state index < -0.39 is 11.8 Å². The largest absolute Gasteiger partial charge is 0.332 e. The minimum absolute atomic E-state index is 0.163. The lowest BCUT2D eigenvalue weighted by Gasteiger charge is -2.16. The second-order valence-electron chi connectivity index (χ2n) is 4.63. The van der Waals surface area contributed by atoms with Gasteiger partial charge in [0.05, 0.1) is 8.66 Å². The van der Waals surface area contributed by atoms with Crippen LogP contribution in [0.15, 0.2) is 46.3 Å². The van der Waals surface area contributed by atoms with E-state index in [1.807, 2.05) is 0 Å². The summed E-state index contributed by atoms with van der Waals surface area (Å²) in [5.41, 5.74) is 5.02. The molecule has 0 aliphatic heterocycles. The Morgan fingerprint density at radius 1 is 1.09 bits per heavy atom. The zero-order valence-corrected chi connectivity index (χ0v) is 14.6. The standard InChI is InChI=1S/C15H14BrN3O3S/c1-19(15(22)11-7-8-12(16)23-11)9-13(20)17-18-14(21)10-5-3-2-4-6-10/h2-8H,9H2,1H3,(H,17,20)(H,18,21). The van der Waals surface area contributed by atoms with Crippen molar-refractivity contribution >= 4 is 45.0 Å². The van der Waals surface area contributed by atoms with Crippen LogP contribution in [0, 0.1) is 0 Å². The van der Waals surface area contributed by atoms with Crippen molar-refractivity contribution in [3.63, 3.8) is 0 Å². The van der Waals surface area contributed by atoms with Crippen molar-refractivity contribution in [1.29, 1.82) is 0 Å². The third kappa shape index (κ3) is 4.90. The monoisotopic (exact) mass is 395 g/mol. The fraction of sp³-hybridized carbons (Fsp3) is 0.133. The fourth-order valence-corrected chi connectivity index (χ4v) is 3.11. The van der Waals surface area contributed by atoms with E-state index in [2.05, 4.69) is 26.8 Å². The molecular formula is C15H14BrN3O3S. The van der Waals surface area contributed by atoms with Crippen molar-refractivity contribution in [2.45, 2.75) is 0 Å². The van der Waals surface area contributed by atoms with E-state index in [0.29, 0.717) is 10.4 Å². The molecule has 1 heterocycles. The van der Waals surface area contributed by atoms with Gasteiger partial charge in [-0.3, -0.25) is 25.2 Å². The summed E-state index contributed by atoms with van der Waals surface area (Å²) in [5.74, 6) is -1.17. The molecule has 0 aliphatic rings. The zero-order chi connectivity index (χ0) is 16.8. The predicted octanol–water partition coefficient (Wildman–Crippen LogP) is 2.04. The topological polar surface area (TPSA) is 78.5 Å². The molecule has 0 bridgehead atoms. The number of rotatable bonds is 4. The van der Waals surface area contributed by atoms with Crippen LogP contribution in [0.3, 0.4) is 0 Å². The lowest BCUT2D eigenvalue weighted by atomic mass is 10.2. The number of carbonyl (C=O) groups is 3. The Bertz CT molecular complexity index is 718. The number of nitrogens with zero attached hydrogens (tertiary/aromatic N) is 1. The molecule has 23 heavy (non-hydrogen) atoms. The summed E-state index contributed by atoms with van der Waals surface area (Å²) in [6.07, 6.45) is 0. The van der Waals surface area contributed by atoms with Crippen LogP contribution >= 0.6 is 27.3 Å². The molecule has 1 aromatic carbocycles. The van der Waals surface area contributed by atoms with Crippen LogP contribution < -0.4 is 10.9 Å². The number of hydrazine groups is 1. The van der Waals surface area contributed by atoms with E-state index in [9.17, 15) is 14.4 Å². The van der Waals surface area contributed by atoms with Gasteiger partial charge in [0.25, 0.3) is 17.7 Å². The third-order valence-electron chi connectivity index (χ3n) is 2.86. The summed E-state index contributed by atoms with van der Waals surface area (Å²) >= 11 is 4.58. The van der Waals surface area contributed by atoms with Gasteiger partial charge in [0.1, 0.15) is 6.54 Å². The van der Waals surface area contributed by atoms with E-state index in [1.165, 1.54) is 23.3 Å². The van der Waals surface area contributed by atoms with Gasteiger partial charge in [-0.25, -0.2) is 0 Å². The molecule has 0 radical (unpaired) electrons. The Kier molecular flexibility index (Phi) is 5.89. The van der Waals surface area contributed by atoms with E-state index in [4.69, 9.17) is 0 Å². The number of hydrogen-bond donors (Lipinski definition) is 2. The number of halogens is 1. The maximum Gasteiger partial charge on any atom is 0.269 e. The molecule has 0 atom stereocenters. The molecule has 6 nitrogen and oxygen atoms in total. The molecule has 0 spiro atoms. The summed E-state index contributed by atoms with van der Waals surface area (Å²) < 4.78 is 0.842. The number of hydrogen-bond acceptors (Lipinski definition) is 4. The van der Waals surface area contributed by atoms with Gasteiger partial charge in [-0.05, 0) is 40.2 Å². The van der Waals surface area contributed by atoms with Crippen LogP contribution in [-0.2, 0) is 4.79 Å². The number of likely N-dealkylation sites (N-methyl/N-ethyl adjacent to an activating group) is 1. The van der Waals surface area contributed by atoms with Crippen LogP contribution in [0.25, 0.3) is 0 Å². The minimum atomic E-state index is -0.485. The summed E-state index contributed by atoms with van der Waals surface area (Å²) in [4.78, 5) is 37.5. The van der Waals surface area contributed by atoms with Gasteiger partial charge >= 0.3 is 0 Å². The molecule has 0 saturated carbocycles. The molecule has 2 aromatic rings. The molecule has 0 saturated heterocycles. The molecule has 0 fully saturated rings. The molecule has 1 aromatic heterocycles. The Morgan fingerprint density at radius 2 is 1.78 bits per heavy atom. The number of carbonyl (C=O) groups excluding carboxylic acids is 3. The number of nitrogens with one attached hydrogen (secondary N) is 2. The zero-order valence-electron chi connectivity index (χ0n) is 12.2. The summed E-state index contributed by atoms with van der Waals surface area (Å²) in [6, 6.07) is 12.0. The first-order valence-corrected chi connectivity index (χ1v) is 8.23. The summed E-state index contributed by atoms with van der Waals surface area (Å²) in [7, 11) is 1.52. The van der Waals surface area contributed by atoms with Crippen LogP contribution in [0.2, 0.25) is 0 Å². The summed E-state index contributed by atoms with van der Waals surface area (Å²) in [5, 5.41) is 0. The van der Waals surface area contributed by atoms with Crippen LogP contribution in [0.1, 0.15) is 20.0 Å². The minimum Gasteiger partial charge on any atom is -0.332 e. The van der Waals surface area contributed by atoms with Gasteiger partial charge < -0.3 is 4.90 Å². The van der Waals surface area contributed by atoms with Crippen molar-refractivity contribution in [3.05, 3.63) is 56.7 Å². The van der Waals surface area contributed by atoms with E-state index in [-0.39, 0.29) is 12.5 Å². The fourth-order valence-electron chi connectivity index (χ4n) is 1.73. The molecule has 0 unspecified atom stereocenters. The lowest BCUT2D eigenvalue weighted by molar-refractivity contribution is -0.122. The normalized spacial score (nSPS) is 10.0. The van der Waals surface area contributed by atoms with Crippen molar-refractivity contribution in [2.75, 3.05) is 13.6 Å². The molecule has 3 amide bonds. The van der Waals surface area contributed by atoms with Gasteiger partial charge in [-0.15, -0.1) is 11.3 Å². The van der Waals surface area contributed by atoms with Crippen LogP contribution in [-0.4, -0.2) is 36.2 Å². The van der Waals surface area contributed by atoms with Gasteiger partial charge in [0, 0.05) is 12.6 Å². The number of thiophene rings is 1. The van der Waals surface area contributed by atoms with Crippen LogP contribution in [0.4, 0.5) is 0 Å². The van der Waals surface area contributed by atoms with E-state index in [0.717, 1.165) is 3.79 Å². The van der Waals surface area contributed by atoms with Crippen molar-refractivity contribution in [3.8, 4) is 0 Å². The second kappa shape index (κ2) is 7.89. The Hall–Kier alpha value is -2.19. The van der Waals surface area contributed by atoms with E-state index >= 15 is 0 Å². The molecule has 0 aliphatic carbocycles. The highest BCUT2D eigenvalue weighted by molar-refractivity contribution is 9.11. The average Bonchev–Trinajstić information content (AvgIpc) is 2.99. The van der Waals surface area contributed by atoms with E-state index in [1.54, 1.807) is 42.5 Å². The molecular weight excluding hydrogens is 382 g/mol. The SMILES string of the molecule is CN(CC(=O)NNC(=O)c1ccccc1)C(=O)c1ccc(Br)s1. The first-order chi connectivity index (χ1) is 11.0. The van der Waals surface area contributed by atoms with Gasteiger partial charge in [0.2, 0.25) is 0 Å². The Balaban J connectivity index is 1.82. The number of amides is 3. The van der Waals surface area contributed by atoms with Crippen LogP contribution in [0.5, 0.6) is 0 Å². The molecule has 2 N–H and O–H groups in total. The lowest BCUT2D eigenvalue weighted by Crippen LogP contribution is -2.46. The molecule has 2 rings (SSSR count). The summed E-state index contributed by atoms with van der Waals surface area (Å²) in [6.45, 7) is -0.163. The predicted molar refractivity (Wildman–Crippen MR) is 91.0 cm³/mol. The Labute approximate surface area is 145 Å². The maximum atomic E-state index is 12.1. The molecule has 120 valence electrons. The highest BCUT2D eigenvalue weighted by Gasteiger charge is 2.17. The second-order valence-corrected chi connectivity index (χ2v) is 7.10. The molecule has 8 heteroatoms. The highest BCUT2D eigenvalue weighted by Crippen LogP contribution is 2.22. The maximum absolute atomic E-state index is 12.1. The van der Waals surface area contributed by atoms with Crippen molar-refractivity contribution < 1.29 is 14.4 Å².